The Bertz CT molecular complexity index is 523. The number of carbonyl (C=O) groups excluding carboxylic acids is 2. The molecule has 3 amide bonds. The van der Waals surface area contributed by atoms with Gasteiger partial charge in [0.15, 0.2) is 5.11 Å². The van der Waals surface area contributed by atoms with E-state index in [4.69, 9.17) is 18.0 Å². The normalized spacial score (nSPS) is 12.6. The molecule has 1 rings (SSSR count). The molecule has 7 nitrogen and oxygen atoms in total. The third-order valence-electron chi connectivity index (χ3n) is 3.12. The van der Waals surface area contributed by atoms with Gasteiger partial charge in [-0.15, -0.1) is 0 Å². The van der Waals surface area contributed by atoms with Crippen molar-refractivity contribution in [1.82, 2.24) is 16.2 Å². The fourth-order valence-electron chi connectivity index (χ4n) is 1.74. The second-order valence-electron chi connectivity index (χ2n) is 4.81. The Hall–Kier alpha value is -2.35. The van der Waals surface area contributed by atoms with Crippen LogP contribution in [0.15, 0.2) is 30.3 Å². The highest BCUT2D eigenvalue weighted by Crippen LogP contribution is 2.07. The Balaban J connectivity index is 2.51. The molecule has 0 fully saturated rings. The lowest BCUT2D eigenvalue weighted by Gasteiger charge is -2.23. The number of thiocarbonyl (C=S) groups is 1. The van der Waals surface area contributed by atoms with Gasteiger partial charge >= 0.3 is 6.03 Å². The van der Waals surface area contributed by atoms with Crippen LogP contribution in [0, 0.1) is 5.92 Å². The van der Waals surface area contributed by atoms with Gasteiger partial charge in [0.2, 0.25) is 0 Å². The standard InChI is InChI=1S/C14H21N5O2S/c1-3-9(2)11(17-13(15)21)12(20)18-19-14(22)16-10-7-5-4-6-8-10/h4-9,11H,3H2,1-2H3,(H,18,20)(H3,15,17,21)(H2,16,19,22). The number of benzene rings is 1. The lowest BCUT2D eigenvalue weighted by atomic mass is 9.99. The zero-order chi connectivity index (χ0) is 16.5. The van der Waals surface area contributed by atoms with Crippen molar-refractivity contribution in [3.63, 3.8) is 0 Å². The van der Waals surface area contributed by atoms with Crippen LogP contribution in [0.3, 0.4) is 0 Å². The van der Waals surface area contributed by atoms with Crippen molar-refractivity contribution >= 4 is 35.0 Å². The lowest BCUT2D eigenvalue weighted by molar-refractivity contribution is -0.124. The van der Waals surface area contributed by atoms with Crippen molar-refractivity contribution in [2.45, 2.75) is 26.3 Å². The van der Waals surface area contributed by atoms with Gasteiger partial charge in [-0.25, -0.2) is 4.79 Å². The maximum atomic E-state index is 12.1. The largest absolute Gasteiger partial charge is 0.352 e. The topological polar surface area (TPSA) is 108 Å². The molecule has 120 valence electrons. The summed E-state index contributed by atoms with van der Waals surface area (Å²) in [5.74, 6) is -0.477. The quantitative estimate of drug-likeness (QED) is 0.412. The predicted octanol–water partition coefficient (Wildman–Crippen LogP) is 1.09. The Morgan fingerprint density at radius 3 is 2.41 bits per heavy atom. The number of hydrazine groups is 1. The maximum Gasteiger partial charge on any atom is 0.312 e. The van der Waals surface area contributed by atoms with Crippen LogP contribution in [0.2, 0.25) is 0 Å². The number of carbonyl (C=O) groups is 2. The molecule has 1 aromatic carbocycles. The van der Waals surface area contributed by atoms with E-state index in [9.17, 15) is 9.59 Å². The number of urea groups is 1. The molecular weight excluding hydrogens is 302 g/mol. The first-order valence-corrected chi connectivity index (χ1v) is 7.32. The predicted molar refractivity (Wildman–Crippen MR) is 89.9 cm³/mol. The second-order valence-corrected chi connectivity index (χ2v) is 5.21. The highest BCUT2D eigenvalue weighted by Gasteiger charge is 2.25. The van der Waals surface area contributed by atoms with E-state index < -0.39 is 18.0 Å². The molecule has 0 aliphatic heterocycles. The first-order valence-electron chi connectivity index (χ1n) is 6.92. The van der Waals surface area contributed by atoms with Gasteiger partial charge in [0.1, 0.15) is 6.04 Å². The van der Waals surface area contributed by atoms with Crippen LogP contribution in [-0.4, -0.2) is 23.1 Å². The number of hydrogen-bond donors (Lipinski definition) is 5. The minimum Gasteiger partial charge on any atom is -0.352 e. The van der Waals surface area contributed by atoms with E-state index in [0.717, 1.165) is 5.69 Å². The summed E-state index contributed by atoms with van der Waals surface area (Å²) in [6.07, 6.45) is 0.713. The molecule has 2 unspecified atom stereocenters. The Morgan fingerprint density at radius 1 is 1.23 bits per heavy atom. The molecule has 0 saturated carbocycles. The van der Waals surface area contributed by atoms with Crippen molar-refractivity contribution in [2.75, 3.05) is 5.32 Å². The van der Waals surface area contributed by atoms with E-state index in [-0.39, 0.29) is 11.0 Å². The summed E-state index contributed by atoms with van der Waals surface area (Å²) in [5.41, 5.74) is 10.9. The average molecular weight is 323 g/mol. The highest BCUT2D eigenvalue weighted by molar-refractivity contribution is 7.80. The Labute approximate surface area is 135 Å². The van der Waals surface area contributed by atoms with Gasteiger partial charge in [0, 0.05) is 5.69 Å². The smallest absolute Gasteiger partial charge is 0.312 e. The van der Waals surface area contributed by atoms with E-state index in [1.165, 1.54) is 0 Å². The van der Waals surface area contributed by atoms with Crippen molar-refractivity contribution in [2.24, 2.45) is 11.7 Å². The van der Waals surface area contributed by atoms with Gasteiger partial charge in [0.05, 0.1) is 0 Å². The van der Waals surface area contributed by atoms with Crippen molar-refractivity contribution in [1.29, 1.82) is 0 Å². The number of nitrogens with one attached hydrogen (secondary N) is 4. The third kappa shape index (κ3) is 5.96. The molecule has 0 heterocycles. The number of primary amides is 1. The van der Waals surface area contributed by atoms with Crippen LogP contribution in [0.4, 0.5) is 10.5 Å². The van der Waals surface area contributed by atoms with Gasteiger partial charge < -0.3 is 16.4 Å². The van der Waals surface area contributed by atoms with Gasteiger partial charge in [-0.2, -0.15) is 0 Å². The summed E-state index contributed by atoms with van der Waals surface area (Å²) in [4.78, 5) is 23.1. The molecule has 0 aromatic heterocycles. The molecule has 8 heteroatoms. The van der Waals surface area contributed by atoms with E-state index in [0.29, 0.717) is 6.42 Å². The van der Waals surface area contributed by atoms with Gasteiger partial charge in [0.25, 0.3) is 5.91 Å². The first kappa shape index (κ1) is 17.7. The molecule has 1 aromatic rings. The molecular formula is C14H21N5O2S. The van der Waals surface area contributed by atoms with Gasteiger partial charge in [-0.05, 0) is 30.3 Å². The summed E-state index contributed by atoms with van der Waals surface area (Å²) < 4.78 is 0. The lowest BCUT2D eigenvalue weighted by Crippen LogP contribution is -2.56. The van der Waals surface area contributed by atoms with E-state index in [2.05, 4.69) is 21.5 Å². The van der Waals surface area contributed by atoms with Crippen LogP contribution in [-0.2, 0) is 4.79 Å². The van der Waals surface area contributed by atoms with Gasteiger partial charge in [-0.3, -0.25) is 15.6 Å². The minimum atomic E-state index is -0.745. The van der Waals surface area contributed by atoms with Crippen LogP contribution < -0.4 is 27.2 Å². The average Bonchev–Trinajstić information content (AvgIpc) is 2.50. The number of hydrogen-bond acceptors (Lipinski definition) is 3. The molecule has 0 radical (unpaired) electrons. The highest BCUT2D eigenvalue weighted by atomic mass is 32.1. The molecule has 0 bridgehead atoms. The van der Waals surface area contributed by atoms with E-state index in [1.54, 1.807) is 0 Å². The van der Waals surface area contributed by atoms with E-state index >= 15 is 0 Å². The zero-order valence-electron chi connectivity index (χ0n) is 12.6. The summed E-state index contributed by atoms with van der Waals surface area (Å²) in [5, 5.41) is 5.58. The molecule has 0 spiro atoms. The molecule has 0 saturated heterocycles. The summed E-state index contributed by atoms with van der Waals surface area (Å²) >= 11 is 5.07. The minimum absolute atomic E-state index is 0.0649. The summed E-state index contributed by atoms with van der Waals surface area (Å²) in [7, 11) is 0. The fraction of sp³-hybridized carbons (Fsp3) is 0.357. The fourth-order valence-corrected chi connectivity index (χ4v) is 1.90. The number of nitrogens with two attached hydrogens (primary N) is 1. The number of anilines is 1. The van der Waals surface area contributed by atoms with Crippen molar-refractivity contribution in [3.8, 4) is 0 Å². The van der Waals surface area contributed by atoms with Crippen LogP contribution in [0.1, 0.15) is 20.3 Å². The van der Waals surface area contributed by atoms with Crippen molar-refractivity contribution in [3.05, 3.63) is 30.3 Å². The van der Waals surface area contributed by atoms with Crippen LogP contribution >= 0.6 is 12.2 Å². The monoisotopic (exact) mass is 323 g/mol. The molecule has 22 heavy (non-hydrogen) atoms. The van der Waals surface area contributed by atoms with Crippen LogP contribution in [0.5, 0.6) is 0 Å². The molecule has 2 atom stereocenters. The first-order chi connectivity index (χ1) is 10.4. The van der Waals surface area contributed by atoms with Gasteiger partial charge in [-0.1, -0.05) is 38.5 Å². The summed E-state index contributed by atoms with van der Waals surface area (Å²) in [6.45, 7) is 3.77. The second kappa shape index (κ2) is 8.83. The Morgan fingerprint density at radius 2 is 1.86 bits per heavy atom. The molecule has 0 aliphatic carbocycles. The number of rotatable bonds is 5. The third-order valence-corrected chi connectivity index (χ3v) is 3.33. The van der Waals surface area contributed by atoms with Crippen molar-refractivity contribution < 1.29 is 9.59 Å². The summed E-state index contributed by atoms with van der Waals surface area (Å²) in [6, 6.07) is 7.81. The molecule has 6 N–H and O–H groups in total. The van der Waals surface area contributed by atoms with Crippen LogP contribution in [0.25, 0.3) is 0 Å². The Kier molecular flexibility index (Phi) is 7.11. The van der Waals surface area contributed by atoms with E-state index in [1.807, 2.05) is 44.2 Å². The molecule has 0 aliphatic rings. The number of amides is 3. The number of para-hydroxylation sites is 1. The SMILES string of the molecule is CCC(C)C(NC(N)=O)C(=O)NNC(=S)Nc1ccccc1. The maximum absolute atomic E-state index is 12.1. The zero-order valence-corrected chi connectivity index (χ0v) is 13.4.